The van der Waals surface area contributed by atoms with Crippen molar-refractivity contribution in [2.45, 2.75) is 33.8 Å². The fourth-order valence-electron chi connectivity index (χ4n) is 1.18. The zero-order valence-corrected chi connectivity index (χ0v) is 10.1. The third-order valence-corrected chi connectivity index (χ3v) is 2.51. The predicted octanol–water partition coefficient (Wildman–Crippen LogP) is 3.48. The number of carbonyl (C=O) groups is 1. The van der Waals surface area contributed by atoms with Crippen LogP contribution in [0.15, 0.2) is 41.5 Å². The van der Waals surface area contributed by atoms with Gasteiger partial charge in [0.1, 0.15) is 6.61 Å². The average molecular weight is 218 g/mol. The lowest BCUT2D eigenvalue weighted by molar-refractivity contribution is -0.144. The second-order valence-corrected chi connectivity index (χ2v) is 4.10. The molecule has 0 atom stereocenters. The third kappa shape index (κ3) is 4.30. The van der Waals surface area contributed by atoms with Crippen LogP contribution < -0.4 is 0 Å². The number of benzene rings is 1. The highest BCUT2D eigenvalue weighted by molar-refractivity contribution is 5.72. The van der Waals surface area contributed by atoms with Crippen LogP contribution in [0.4, 0.5) is 0 Å². The lowest BCUT2D eigenvalue weighted by Crippen LogP contribution is -2.05. The standard InChI is InChI=1S/C14H18O2/c1-11(2)12(3)9-14(15)16-10-13-7-5-4-6-8-13/h4-8H,9-10H2,1-3H3. The quantitative estimate of drug-likeness (QED) is 0.571. The molecule has 0 N–H and O–H groups in total. The van der Waals surface area contributed by atoms with E-state index in [1.165, 1.54) is 5.57 Å². The molecule has 1 aromatic carbocycles. The Morgan fingerprint density at radius 3 is 2.31 bits per heavy atom. The highest BCUT2D eigenvalue weighted by Gasteiger charge is 2.05. The summed E-state index contributed by atoms with van der Waals surface area (Å²) in [5.41, 5.74) is 3.28. The molecule has 0 aliphatic heterocycles. The van der Waals surface area contributed by atoms with Crippen molar-refractivity contribution >= 4 is 5.97 Å². The van der Waals surface area contributed by atoms with Gasteiger partial charge in [-0.15, -0.1) is 0 Å². The zero-order chi connectivity index (χ0) is 12.0. The number of carbonyl (C=O) groups excluding carboxylic acids is 1. The molecule has 0 heterocycles. The van der Waals surface area contributed by atoms with Crippen molar-refractivity contribution in [2.24, 2.45) is 0 Å². The molecular weight excluding hydrogens is 200 g/mol. The van der Waals surface area contributed by atoms with Gasteiger partial charge in [0.05, 0.1) is 6.42 Å². The molecule has 1 aromatic rings. The van der Waals surface area contributed by atoms with Gasteiger partial charge in [-0.05, 0) is 26.3 Å². The number of hydrogen-bond donors (Lipinski definition) is 0. The topological polar surface area (TPSA) is 26.3 Å². The number of allylic oxidation sites excluding steroid dienone is 1. The second-order valence-electron chi connectivity index (χ2n) is 4.10. The largest absolute Gasteiger partial charge is 0.461 e. The van der Waals surface area contributed by atoms with Crippen LogP contribution in [0.3, 0.4) is 0 Å². The molecule has 0 aliphatic rings. The van der Waals surface area contributed by atoms with E-state index in [1.807, 2.05) is 51.1 Å². The zero-order valence-electron chi connectivity index (χ0n) is 10.1. The van der Waals surface area contributed by atoms with Gasteiger partial charge < -0.3 is 4.74 Å². The van der Waals surface area contributed by atoms with Crippen LogP contribution in [0.5, 0.6) is 0 Å². The first-order valence-electron chi connectivity index (χ1n) is 5.42. The molecule has 16 heavy (non-hydrogen) atoms. The number of rotatable bonds is 4. The average Bonchev–Trinajstić information content (AvgIpc) is 2.27. The fourth-order valence-corrected chi connectivity index (χ4v) is 1.18. The summed E-state index contributed by atoms with van der Waals surface area (Å²) in [6, 6.07) is 9.70. The smallest absolute Gasteiger partial charge is 0.310 e. The Kier molecular flexibility index (Phi) is 4.77. The highest BCUT2D eigenvalue weighted by Crippen LogP contribution is 2.09. The van der Waals surface area contributed by atoms with Gasteiger partial charge in [-0.1, -0.05) is 41.5 Å². The first-order valence-corrected chi connectivity index (χ1v) is 5.42. The molecule has 2 nitrogen and oxygen atoms in total. The molecule has 0 aromatic heterocycles. The van der Waals surface area contributed by atoms with Crippen molar-refractivity contribution in [3.63, 3.8) is 0 Å². The van der Waals surface area contributed by atoms with Gasteiger partial charge in [0.15, 0.2) is 0 Å². The number of ether oxygens (including phenoxy) is 1. The Morgan fingerprint density at radius 2 is 1.75 bits per heavy atom. The van der Waals surface area contributed by atoms with E-state index in [0.29, 0.717) is 13.0 Å². The van der Waals surface area contributed by atoms with Crippen LogP contribution in [0.25, 0.3) is 0 Å². The second kappa shape index (κ2) is 6.11. The summed E-state index contributed by atoms with van der Waals surface area (Å²) < 4.78 is 5.18. The van der Waals surface area contributed by atoms with Gasteiger partial charge in [0.25, 0.3) is 0 Å². The highest BCUT2D eigenvalue weighted by atomic mass is 16.5. The summed E-state index contributed by atoms with van der Waals surface area (Å²) in [5, 5.41) is 0. The summed E-state index contributed by atoms with van der Waals surface area (Å²) in [7, 11) is 0. The minimum absolute atomic E-state index is 0.164. The van der Waals surface area contributed by atoms with Crippen LogP contribution in [0, 0.1) is 0 Å². The molecule has 0 spiro atoms. The summed E-state index contributed by atoms with van der Waals surface area (Å²) >= 11 is 0. The van der Waals surface area contributed by atoms with Gasteiger partial charge in [0, 0.05) is 0 Å². The summed E-state index contributed by atoms with van der Waals surface area (Å²) in [6.45, 7) is 6.31. The normalized spacial score (nSPS) is 9.69. The van der Waals surface area contributed by atoms with Crippen LogP contribution in [0.1, 0.15) is 32.8 Å². The van der Waals surface area contributed by atoms with Gasteiger partial charge in [-0.3, -0.25) is 4.79 Å². The van der Waals surface area contributed by atoms with E-state index in [4.69, 9.17) is 4.74 Å². The van der Waals surface area contributed by atoms with E-state index in [9.17, 15) is 4.79 Å². The van der Waals surface area contributed by atoms with Crippen molar-refractivity contribution in [3.8, 4) is 0 Å². The van der Waals surface area contributed by atoms with E-state index in [-0.39, 0.29) is 5.97 Å². The fraction of sp³-hybridized carbons (Fsp3) is 0.357. The van der Waals surface area contributed by atoms with Crippen molar-refractivity contribution < 1.29 is 9.53 Å². The molecule has 0 radical (unpaired) electrons. The third-order valence-electron chi connectivity index (χ3n) is 2.51. The molecule has 1 rings (SSSR count). The maximum Gasteiger partial charge on any atom is 0.310 e. The van der Waals surface area contributed by atoms with Gasteiger partial charge >= 0.3 is 5.97 Å². The molecule has 2 heteroatoms. The Labute approximate surface area is 96.9 Å². The van der Waals surface area contributed by atoms with Crippen LogP contribution >= 0.6 is 0 Å². The van der Waals surface area contributed by atoms with Crippen LogP contribution in [-0.2, 0) is 16.1 Å². The lowest BCUT2D eigenvalue weighted by Gasteiger charge is -2.06. The molecule has 86 valence electrons. The first kappa shape index (κ1) is 12.5. The van der Waals surface area contributed by atoms with Crippen molar-refractivity contribution in [1.29, 1.82) is 0 Å². The molecule has 0 unspecified atom stereocenters. The van der Waals surface area contributed by atoms with E-state index in [0.717, 1.165) is 11.1 Å². The summed E-state index contributed by atoms with van der Waals surface area (Å²) in [5.74, 6) is -0.164. The molecule has 0 aliphatic carbocycles. The number of hydrogen-bond acceptors (Lipinski definition) is 2. The van der Waals surface area contributed by atoms with Crippen LogP contribution in [-0.4, -0.2) is 5.97 Å². The predicted molar refractivity (Wildman–Crippen MR) is 64.9 cm³/mol. The van der Waals surface area contributed by atoms with Gasteiger partial charge in [-0.25, -0.2) is 0 Å². The maximum atomic E-state index is 11.5. The Balaban J connectivity index is 2.40. The lowest BCUT2D eigenvalue weighted by atomic mass is 10.1. The van der Waals surface area contributed by atoms with E-state index < -0.39 is 0 Å². The maximum absolute atomic E-state index is 11.5. The van der Waals surface area contributed by atoms with Crippen molar-refractivity contribution in [1.82, 2.24) is 0 Å². The SMILES string of the molecule is CC(C)=C(C)CC(=O)OCc1ccccc1. The van der Waals surface area contributed by atoms with Gasteiger partial charge in [0.2, 0.25) is 0 Å². The summed E-state index contributed by atoms with van der Waals surface area (Å²) in [6.07, 6.45) is 0.384. The van der Waals surface area contributed by atoms with E-state index in [2.05, 4.69) is 0 Å². The first-order chi connectivity index (χ1) is 7.59. The van der Waals surface area contributed by atoms with Crippen molar-refractivity contribution in [3.05, 3.63) is 47.0 Å². The Bertz CT molecular complexity index is 373. The van der Waals surface area contributed by atoms with Crippen molar-refractivity contribution in [2.75, 3.05) is 0 Å². The molecule has 0 fully saturated rings. The minimum atomic E-state index is -0.164. The molecule has 0 saturated carbocycles. The molecular formula is C14H18O2. The molecule has 0 saturated heterocycles. The van der Waals surface area contributed by atoms with Crippen LogP contribution in [0.2, 0.25) is 0 Å². The van der Waals surface area contributed by atoms with Gasteiger partial charge in [-0.2, -0.15) is 0 Å². The minimum Gasteiger partial charge on any atom is -0.461 e. The molecule has 0 bridgehead atoms. The monoisotopic (exact) mass is 218 g/mol. The van der Waals surface area contributed by atoms with E-state index >= 15 is 0 Å². The number of esters is 1. The van der Waals surface area contributed by atoms with E-state index in [1.54, 1.807) is 0 Å². The summed E-state index contributed by atoms with van der Waals surface area (Å²) in [4.78, 5) is 11.5. The Morgan fingerprint density at radius 1 is 1.12 bits per heavy atom. The molecule has 0 amide bonds. The Hall–Kier alpha value is -1.57.